The number of ether oxygens (including phenoxy) is 1. The lowest BCUT2D eigenvalue weighted by Crippen LogP contribution is -2.26. The normalized spacial score (nSPS) is 17.3. The molecule has 170 valence electrons. The molecule has 1 aliphatic heterocycles. The molecule has 0 saturated carbocycles. The summed E-state index contributed by atoms with van der Waals surface area (Å²) in [6, 6.07) is 21.7. The molecule has 7 heteroatoms. The number of aliphatic hydroxyl groups excluding tert-OH is 1. The minimum atomic E-state index is -1.61. The Kier molecular flexibility index (Phi) is 3.93. The molecule has 1 aliphatic rings. The van der Waals surface area contributed by atoms with Gasteiger partial charge in [-0.1, -0.05) is 60.7 Å². The third-order valence-electron chi connectivity index (χ3n) is 6.74. The van der Waals surface area contributed by atoms with Crippen molar-refractivity contribution >= 4 is 43.5 Å². The van der Waals surface area contributed by atoms with E-state index in [1.165, 1.54) is 0 Å². The molecule has 7 rings (SSSR count). The van der Waals surface area contributed by atoms with Gasteiger partial charge in [0.25, 0.3) is 0 Å². The molecule has 2 unspecified atom stereocenters. The van der Waals surface area contributed by atoms with Crippen LogP contribution in [0.25, 0.3) is 43.5 Å². The SMILES string of the molecule is O=c1oc2ccc3ccccc3c2c(O)c1C1c2c(c3c(ccc4ccccc43)oc2=O)OC1O. The Hall–Kier alpha value is -4.62. The van der Waals surface area contributed by atoms with Crippen LogP contribution in [0.3, 0.4) is 0 Å². The largest absolute Gasteiger partial charge is 0.507 e. The number of aromatic hydroxyl groups is 1. The second-order valence-electron chi connectivity index (χ2n) is 8.59. The number of hydrogen-bond donors (Lipinski definition) is 2. The summed E-state index contributed by atoms with van der Waals surface area (Å²) in [5, 5.41) is 26.3. The van der Waals surface area contributed by atoms with Crippen LogP contribution in [0.4, 0.5) is 0 Å². The predicted molar refractivity (Wildman–Crippen MR) is 130 cm³/mol. The van der Waals surface area contributed by atoms with Crippen LogP contribution < -0.4 is 16.0 Å². The summed E-state index contributed by atoms with van der Waals surface area (Å²) in [5.74, 6) is -1.54. The highest BCUT2D eigenvalue weighted by molar-refractivity contribution is 6.10. The lowest BCUT2D eigenvalue weighted by molar-refractivity contribution is -0.00983. The molecular weight excluding hydrogens is 448 g/mol. The smallest absolute Gasteiger partial charge is 0.344 e. The van der Waals surface area contributed by atoms with Crippen molar-refractivity contribution in [1.82, 2.24) is 0 Å². The highest BCUT2D eigenvalue weighted by atomic mass is 16.6. The van der Waals surface area contributed by atoms with Gasteiger partial charge in [-0.15, -0.1) is 0 Å². The molecular formula is C28H16O7. The first-order chi connectivity index (χ1) is 17.0. The van der Waals surface area contributed by atoms with Gasteiger partial charge in [-0.05, 0) is 33.7 Å². The van der Waals surface area contributed by atoms with E-state index in [1.807, 2.05) is 42.5 Å². The van der Waals surface area contributed by atoms with E-state index in [4.69, 9.17) is 13.6 Å². The van der Waals surface area contributed by atoms with Gasteiger partial charge in [0.15, 0.2) is 0 Å². The minimum Gasteiger partial charge on any atom is -0.507 e. The van der Waals surface area contributed by atoms with Crippen LogP contribution in [0.15, 0.2) is 91.2 Å². The van der Waals surface area contributed by atoms with E-state index in [2.05, 4.69) is 0 Å². The Morgan fingerprint density at radius 2 is 1.20 bits per heavy atom. The molecule has 35 heavy (non-hydrogen) atoms. The molecule has 2 atom stereocenters. The second kappa shape index (κ2) is 6.94. The van der Waals surface area contributed by atoms with Gasteiger partial charge < -0.3 is 23.8 Å². The topological polar surface area (TPSA) is 110 Å². The Bertz CT molecular complexity index is 1970. The first-order valence-electron chi connectivity index (χ1n) is 11.0. The monoisotopic (exact) mass is 464 g/mol. The fourth-order valence-corrected chi connectivity index (χ4v) is 5.20. The van der Waals surface area contributed by atoms with Gasteiger partial charge >= 0.3 is 11.3 Å². The average Bonchev–Trinajstić information content (AvgIpc) is 3.20. The molecule has 7 nitrogen and oxygen atoms in total. The molecule has 6 aromatic rings. The molecule has 0 saturated heterocycles. The zero-order chi connectivity index (χ0) is 23.8. The maximum absolute atomic E-state index is 13.1. The van der Waals surface area contributed by atoms with E-state index in [0.29, 0.717) is 21.7 Å². The molecule has 3 heterocycles. The maximum Gasteiger partial charge on any atom is 0.344 e. The molecule has 0 spiro atoms. The quantitative estimate of drug-likeness (QED) is 0.267. The van der Waals surface area contributed by atoms with E-state index in [-0.39, 0.29) is 28.2 Å². The molecule has 0 radical (unpaired) electrons. The summed E-state index contributed by atoms with van der Waals surface area (Å²) >= 11 is 0. The van der Waals surface area contributed by atoms with E-state index in [1.54, 1.807) is 30.3 Å². The average molecular weight is 464 g/mol. The lowest BCUT2D eigenvalue weighted by Gasteiger charge is -2.15. The van der Waals surface area contributed by atoms with Crippen molar-refractivity contribution in [3.05, 3.63) is 105 Å². The third-order valence-corrected chi connectivity index (χ3v) is 6.74. The van der Waals surface area contributed by atoms with Crippen LogP contribution in [-0.4, -0.2) is 16.5 Å². The van der Waals surface area contributed by atoms with Gasteiger partial charge in [-0.25, -0.2) is 9.59 Å². The molecule has 0 aliphatic carbocycles. The fraction of sp³-hybridized carbons (Fsp3) is 0.0714. The van der Waals surface area contributed by atoms with Crippen molar-refractivity contribution in [3.8, 4) is 11.5 Å². The van der Waals surface area contributed by atoms with Crippen LogP contribution in [-0.2, 0) is 0 Å². The van der Waals surface area contributed by atoms with Gasteiger partial charge in [0, 0.05) is 0 Å². The van der Waals surface area contributed by atoms with Crippen molar-refractivity contribution in [1.29, 1.82) is 0 Å². The second-order valence-corrected chi connectivity index (χ2v) is 8.59. The summed E-state index contributed by atoms with van der Waals surface area (Å²) in [6.07, 6.45) is -1.61. The van der Waals surface area contributed by atoms with Crippen LogP contribution in [0.2, 0.25) is 0 Å². The van der Waals surface area contributed by atoms with E-state index >= 15 is 0 Å². The lowest BCUT2D eigenvalue weighted by atomic mass is 9.90. The van der Waals surface area contributed by atoms with Crippen molar-refractivity contribution in [3.63, 3.8) is 0 Å². The van der Waals surface area contributed by atoms with E-state index < -0.39 is 23.5 Å². The molecule has 0 bridgehead atoms. The zero-order valence-electron chi connectivity index (χ0n) is 18.0. The van der Waals surface area contributed by atoms with Crippen LogP contribution >= 0.6 is 0 Å². The number of fused-ring (bicyclic) bond motifs is 8. The standard InChI is InChI=1S/C28H16O7/c29-24-19-15-7-3-1-5-13(15)9-11-17(19)33-27(31)22(24)21-23-25(35-26(21)30)20-16-8-4-2-6-14(16)10-12-18(20)34-28(23)32/h1-12,21,26,29-30H. The first kappa shape index (κ1) is 19.8. The zero-order valence-corrected chi connectivity index (χ0v) is 18.0. The van der Waals surface area contributed by atoms with Crippen LogP contribution in [0.1, 0.15) is 17.0 Å². The van der Waals surface area contributed by atoms with Crippen molar-refractivity contribution < 1.29 is 23.8 Å². The highest BCUT2D eigenvalue weighted by Crippen LogP contribution is 2.47. The van der Waals surface area contributed by atoms with E-state index in [0.717, 1.165) is 16.2 Å². The Labute approximate surface area is 196 Å². The van der Waals surface area contributed by atoms with Crippen molar-refractivity contribution in [2.75, 3.05) is 0 Å². The molecule has 0 amide bonds. The van der Waals surface area contributed by atoms with Gasteiger partial charge in [-0.3, -0.25) is 0 Å². The fourth-order valence-electron chi connectivity index (χ4n) is 5.20. The molecule has 2 aromatic heterocycles. The summed E-state index contributed by atoms with van der Waals surface area (Å²) in [6.45, 7) is 0. The Morgan fingerprint density at radius 1 is 0.657 bits per heavy atom. The Balaban J connectivity index is 1.58. The summed E-state index contributed by atoms with van der Waals surface area (Å²) in [5.41, 5.74) is -1.44. The molecule has 0 fully saturated rings. The van der Waals surface area contributed by atoms with Crippen LogP contribution in [0, 0.1) is 0 Å². The van der Waals surface area contributed by atoms with Crippen LogP contribution in [0.5, 0.6) is 11.5 Å². The number of rotatable bonds is 1. The van der Waals surface area contributed by atoms with Crippen molar-refractivity contribution in [2.45, 2.75) is 12.2 Å². The number of hydrogen-bond acceptors (Lipinski definition) is 7. The van der Waals surface area contributed by atoms with Gasteiger partial charge in [0.2, 0.25) is 6.29 Å². The van der Waals surface area contributed by atoms with Gasteiger partial charge in [0.05, 0.1) is 27.8 Å². The first-order valence-corrected chi connectivity index (χ1v) is 11.0. The van der Waals surface area contributed by atoms with Crippen molar-refractivity contribution in [2.24, 2.45) is 0 Å². The Morgan fingerprint density at radius 3 is 1.86 bits per heavy atom. The number of aliphatic hydroxyl groups is 1. The van der Waals surface area contributed by atoms with Gasteiger partial charge in [0.1, 0.15) is 22.7 Å². The highest BCUT2D eigenvalue weighted by Gasteiger charge is 2.43. The molecule has 4 aromatic carbocycles. The minimum absolute atomic E-state index is 0.0384. The maximum atomic E-state index is 13.1. The number of benzene rings is 4. The summed E-state index contributed by atoms with van der Waals surface area (Å²) < 4.78 is 16.9. The molecule has 2 N–H and O–H groups in total. The van der Waals surface area contributed by atoms with E-state index in [9.17, 15) is 19.8 Å². The summed E-state index contributed by atoms with van der Waals surface area (Å²) in [7, 11) is 0. The third kappa shape index (κ3) is 2.64. The summed E-state index contributed by atoms with van der Waals surface area (Å²) in [4.78, 5) is 26.2. The van der Waals surface area contributed by atoms with Gasteiger partial charge in [-0.2, -0.15) is 0 Å². The predicted octanol–water partition coefficient (Wildman–Crippen LogP) is 4.75.